The maximum atomic E-state index is 14.3. The second-order valence-corrected chi connectivity index (χ2v) is 6.83. The van der Waals surface area contributed by atoms with Gasteiger partial charge in [0.1, 0.15) is 5.69 Å². The number of benzene rings is 1. The van der Waals surface area contributed by atoms with Gasteiger partial charge in [-0.1, -0.05) is 37.5 Å². The molecule has 0 atom stereocenters. The number of ether oxygens (including phenoxy) is 1. The van der Waals surface area contributed by atoms with E-state index in [-0.39, 0.29) is 12.3 Å². The topological polar surface area (TPSA) is 84.3 Å². The molecule has 4 rings (SSSR count). The molecule has 1 aromatic carbocycles. The molecule has 2 N–H and O–H groups in total. The first-order valence-corrected chi connectivity index (χ1v) is 9.26. The Labute approximate surface area is 157 Å². The minimum atomic E-state index is -0.383. The molecule has 0 radical (unpaired) electrons. The number of halogens is 1. The number of anilines is 1. The van der Waals surface area contributed by atoms with Crippen molar-refractivity contribution < 1.29 is 19.0 Å². The summed E-state index contributed by atoms with van der Waals surface area (Å²) in [6, 6.07) is 8.34. The molecule has 6 nitrogen and oxygen atoms in total. The van der Waals surface area contributed by atoms with Gasteiger partial charge in [-0.25, -0.2) is 14.4 Å². The predicted octanol–water partition coefficient (Wildman–Crippen LogP) is 3.84. The molecule has 2 heterocycles. The van der Waals surface area contributed by atoms with Gasteiger partial charge >= 0.3 is 0 Å². The van der Waals surface area contributed by atoms with E-state index in [1.54, 1.807) is 0 Å². The highest BCUT2D eigenvalue weighted by atomic mass is 19.1. The normalized spacial score (nSPS) is 17.4. The van der Waals surface area contributed by atoms with Gasteiger partial charge in [0.05, 0.1) is 19.4 Å². The number of nitrogens with zero attached hydrogens (tertiary/aromatic N) is 2. The van der Waals surface area contributed by atoms with Gasteiger partial charge in [-0.3, -0.25) is 4.79 Å². The van der Waals surface area contributed by atoms with Gasteiger partial charge < -0.3 is 15.2 Å². The van der Waals surface area contributed by atoms with Crippen LogP contribution in [0.25, 0.3) is 11.3 Å². The van der Waals surface area contributed by atoms with E-state index in [9.17, 15) is 4.39 Å². The van der Waals surface area contributed by atoms with Crippen LogP contribution in [0.5, 0.6) is 0 Å². The van der Waals surface area contributed by atoms with Crippen molar-refractivity contribution in [1.82, 2.24) is 9.97 Å². The fourth-order valence-electron chi connectivity index (χ4n) is 3.44. The number of hydrogen-bond acceptors (Lipinski definition) is 5. The van der Waals surface area contributed by atoms with Crippen LogP contribution in [0.15, 0.2) is 30.5 Å². The van der Waals surface area contributed by atoms with Crippen LogP contribution < -0.4 is 5.32 Å². The summed E-state index contributed by atoms with van der Waals surface area (Å²) in [7, 11) is 0. The number of carbonyl (C=O) groups is 1. The van der Waals surface area contributed by atoms with Crippen molar-refractivity contribution in [1.29, 1.82) is 0 Å². The second kappa shape index (κ2) is 9.41. The average Bonchev–Trinajstić information content (AvgIpc) is 2.64. The lowest BCUT2D eigenvalue weighted by Crippen LogP contribution is -2.25. The first-order valence-electron chi connectivity index (χ1n) is 9.26. The molecule has 1 aliphatic carbocycles. The van der Waals surface area contributed by atoms with Crippen molar-refractivity contribution in [2.24, 2.45) is 0 Å². The van der Waals surface area contributed by atoms with E-state index in [2.05, 4.69) is 21.4 Å². The van der Waals surface area contributed by atoms with Gasteiger partial charge in [0.2, 0.25) is 5.95 Å². The first-order chi connectivity index (χ1) is 13.2. The fourth-order valence-corrected chi connectivity index (χ4v) is 3.44. The Bertz CT molecular complexity index is 762. The van der Waals surface area contributed by atoms with Gasteiger partial charge in [-0.2, -0.15) is 0 Å². The van der Waals surface area contributed by atoms with Crippen LogP contribution in [0.1, 0.15) is 43.6 Å². The number of nitrogens with one attached hydrogen (secondary N) is 1. The van der Waals surface area contributed by atoms with E-state index >= 15 is 0 Å². The van der Waals surface area contributed by atoms with Crippen molar-refractivity contribution in [3.05, 3.63) is 41.8 Å². The molecule has 0 amide bonds. The average molecular weight is 373 g/mol. The highest BCUT2D eigenvalue weighted by Gasteiger charge is 2.21. The van der Waals surface area contributed by atoms with E-state index < -0.39 is 0 Å². The Morgan fingerprint density at radius 3 is 2.63 bits per heavy atom. The monoisotopic (exact) mass is 373 g/mol. The van der Waals surface area contributed by atoms with Crippen LogP contribution in [0.2, 0.25) is 0 Å². The molecule has 144 valence electrons. The summed E-state index contributed by atoms with van der Waals surface area (Å²) >= 11 is 0. The second-order valence-electron chi connectivity index (χ2n) is 6.83. The lowest BCUT2D eigenvalue weighted by atomic mass is 9.95. The minimum absolute atomic E-state index is 0.250. The van der Waals surface area contributed by atoms with Crippen LogP contribution in [0.3, 0.4) is 0 Å². The molecule has 0 bridgehead atoms. The fraction of sp³-hybridized carbons (Fsp3) is 0.450. The molecule has 27 heavy (non-hydrogen) atoms. The number of hydrogen-bond donors (Lipinski definition) is 2. The van der Waals surface area contributed by atoms with Crippen molar-refractivity contribution in [2.75, 3.05) is 18.5 Å². The van der Waals surface area contributed by atoms with Gasteiger partial charge in [-0.15, -0.1) is 0 Å². The molecule has 2 aromatic rings. The number of carboxylic acid groups (broad SMARTS) is 1. The molecule has 1 saturated heterocycles. The van der Waals surface area contributed by atoms with E-state index in [0.29, 0.717) is 23.6 Å². The predicted molar refractivity (Wildman–Crippen MR) is 100 cm³/mol. The van der Waals surface area contributed by atoms with Crippen molar-refractivity contribution in [3.63, 3.8) is 0 Å². The van der Waals surface area contributed by atoms with Crippen LogP contribution in [-0.4, -0.2) is 40.8 Å². The van der Waals surface area contributed by atoms with Gasteiger partial charge in [0.25, 0.3) is 6.47 Å². The van der Waals surface area contributed by atoms with E-state index in [1.165, 1.54) is 31.0 Å². The molecule has 2 aliphatic rings. The molecule has 7 heteroatoms. The Morgan fingerprint density at radius 1 is 1.22 bits per heavy atom. The Balaban J connectivity index is 0.000000659. The van der Waals surface area contributed by atoms with Gasteiger partial charge in [-0.05, 0) is 24.5 Å². The maximum Gasteiger partial charge on any atom is 0.290 e. The third kappa shape index (κ3) is 5.01. The SMILES string of the molecule is Fc1cnc(NC2CCCCC2)nc1-c1cccc(C2COC2)c1.O=CO. The summed E-state index contributed by atoms with van der Waals surface area (Å²) in [6.07, 6.45) is 7.30. The van der Waals surface area contributed by atoms with Crippen LogP contribution >= 0.6 is 0 Å². The zero-order chi connectivity index (χ0) is 19.1. The quantitative estimate of drug-likeness (QED) is 0.792. The third-order valence-corrected chi connectivity index (χ3v) is 4.95. The van der Waals surface area contributed by atoms with Crippen LogP contribution in [0, 0.1) is 5.82 Å². The Hall–Kier alpha value is -2.54. The zero-order valence-electron chi connectivity index (χ0n) is 15.1. The minimum Gasteiger partial charge on any atom is -0.483 e. The summed E-state index contributed by atoms with van der Waals surface area (Å²) in [5.41, 5.74) is 2.34. The maximum absolute atomic E-state index is 14.3. The van der Waals surface area contributed by atoms with Gasteiger partial charge in [0, 0.05) is 17.5 Å². The van der Waals surface area contributed by atoms with E-state index in [4.69, 9.17) is 14.6 Å². The molecule has 1 aromatic heterocycles. The highest BCUT2D eigenvalue weighted by molar-refractivity contribution is 5.62. The Kier molecular flexibility index (Phi) is 6.70. The summed E-state index contributed by atoms with van der Waals surface area (Å²) in [6.45, 7) is 1.23. The molecule has 1 saturated carbocycles. The van der Waals surface area contributed by atoms with Crippen LogP contribution in [-0.2, 0) is 9.53 Å². The van der Waals surface area contributed by atoms with E-state index in [0.717, 1.165) is 31.6 Å². The number of aromatic nitrogens is 2. The van der Waals surface area contributed by atoms with Crippen LogP contribution in [0.4, 0.5) is 10.3 Å². The zero-order valence-corrected chi connectivity index (χ0v) is 15.1. The molecular formula is C20H24FN3O3. The summed E-state index contributed by atoms with van der Waals surface area (Å²) < 4.78 is 19.5. The third-order valence-electron chi connectivity index (χ3n) is 4.95. The van der Waals surface area contributed by atoms with E-state index in [1.807, 2.05) is 18.2 Å². The number of rotatable bonds is 4. The summed E-state index contributed by atoms with van der Waals surface area (Å²) in [5, 5.41) is 10.3. The van der Waals surface area contributed by atoms with Crippen molar-refractivity contribution >= 4 is 12.4 Å². The van der Waals surface area contributed by atoms with Gasteiger partial charge in [0.15, 0.2) is 5.82 Å². The Morgan fingerprint density at radius 2 is 1.96 bits per heavy atom. The van der Waals surface area contributed by atoms with Crippen molar-refractivity contribution in [2.45, 2.75) is 44.1 Å². The smallest absolute Gasteiger partial charge is 0.290 e. The highest BCUT2D eigenvalue weighted by Crippen LogP contribution is 2.29. The lowest BCUT2D eigenvalue weighted by molar-refractivity contribution is -0.122. The van der Waals surface area contributed by atoms with Crippen molar-refractivity contribution in [3.8, 4) is 11.3 Å². The molecule has 0 unspecified atom stereocenters. The molecule has 0 spiro atoms. The first kappa shape index (κ1) is 19.2. The molecule has 1 aliphatic heterocycles. The summed E-state index contributed by atoms with van der Waals surface area (Å²) in [5.74, 6) is 0.552. The standard InChI is InChI=1S/C19H22FN3O.CH2O2/c20-17-10-21-19(22-16-7-2-1-3-8-16)23-18(17)14-6-4-5-13(9-14)15-11-24-12-15;2-1-3/h4-6,9-10,15-16H,1-3,7-8,11-12H2,(H,21,22,23);1H,(H,2,3). The summed E-state index contributed by atoms with van der Waals surface area (Å²) in [4.78, 5) is 16.9. The largest absolute Gasteiger partial charge is 0.483 e. The molecular weight excluding hydrogens is 349 g/mol. The molecule has 2 fully saturated rings. The lowest BCUT2D eigenvalue weighted by Gasteiger charge is -2.26.